The maximum absolute atomic E-state index is 10.6. The lowest BCUT2D eigenvalue weighted by molar-refractivity contribution is -0.142. The lowest BCUT2D eigenvalue weighted by atomic mass is 10.4. The molecule has 1 aliphatic rings. The van der Waals surface area contributed by atoms with E-state index in [1.807, 2.05) is 0 Å². The predicted octanol–water partition coefficient (Wildman–Crippen LogP) is 1.29. The fourth-order valence-corrected chi connectivity index (χ4v) is 0.716. The number of alkyl halides is 1. The van der Waals surface area contributed by atoms with Gasteiger partial charge in [0.2, 0.25) is 0 Å². The summed E-state index contributed by atoms with van der Waals surface area (Å²) in [6.07, 6.45) is 2.04. The molecule has 0 spiro atoms. The van der Waals surface area contributed by atoms with Crippen LogP contribution in [0.25, 0.3) is 0 Å². The molecule has 0 bridgehead atoms. The van der Waals surface area contributed by atoms with Crippen LogP contribution in [0.5, 0.6) is 0 Å². The molecule has 0 amide bonds. The third-order valence-corrected chi connectivity index (χ3v) is 1.34. The van der Waals surface area contributed by atoms with Crippen molar-refractivity contribution in [2.45, 2.75) is 12.8 Å². The highest BCUT2D eigenvalue weighted by atomic mass is 79.9. The molecule has 0 saturated heterocycles. The minimum absolute atomic E-state index is 0.0538. The molecule has 1 rings (SSSR count). The Bertz CT molecular complexity index is 98.6. The molecule has 1 fully saturated rings. The summed E-state index contributed by atoms with van der Waals surface area (Å²) in [5.41, 5.74) is 0.336. The van der Waals surface area contributed by atoms with Crippen molar-refractivity contribution < 1.29 is 9.53 Å². The second-order valence-electron chi connectivity index (χ2n) is 1.85. The van der Waals surface area contributed by atoms with Gasteiger partial charge >= 0.3 is 5.97 Å². The van der Waals surface area contributed by atoms with Gasteiger partial charge in [0.1, 0.15) is 5.52 Å². The first-order chi connectivity index (χ1) is 3.84. The predicted molar refractivity (Wildman–Crippen MR) is 32.6 cm³/mol. The molecule has 0 N–H and O–H groups in total. The fraction of sp³-hybridized carbons (Fsp3) is 0.800. The number of rotatable bonds is 2. The number of ether oxygens (including phenoxy) is 1. The quantitative estimate of drug-likeness (QED) is 0.471. The van der Waals surface area contributed by atoms with Crippen LogP contribution in [0, 0.1) is 5.92 Å². The molecule has 8 heavy (non-hydrogen) atoms. The highest BCUT2D eigenvalue weighted by Crippen LogP contribution is 2.29. The van der Waals surface area contributed by atoms with Crippen LogP contribution < -0.4 is 0 Å². The molecule has 0 aromatic heterocycles. The van der Waals surface area contributed by atoms with E-state index in [2.05, 4.69) is 20.7 Å². The zero-order valence-corrected chi connectivity index (χ0v) is 5.98. The van der Waals surface area contributed by atoms with Crippen molar-refractivity contribution in [1.29, 1.82) is 0 Å². The van der Waals surface area contributed by atoms with Crippen LogP contribution in [0.15, 0.2) is 0 Å². The monoisotopic (exact) mass is 178 g/mol. The van der Waals surface area contributed by atoms with Crippen molar-refractivity contribution in [3.05, 3.63) is 0 Å². The Morgan fingerprint density at radius 1 is 1.75 bits per heavy atom. The summed E-state index contributed by atoms with van der Waals surface area (Å²) in [6.45, 7) is 0. The van der Waals surface area contributed by atoms with Gasteiger partial charge in [0.25, 0.3) is 0 Å². The van der Waals surface area contributed by atoms with Crippen molar-refractivity contribution >= 4 is 21.9 Å². The standard InChI is InChI=1S/C5H7BrO2/c6-3-8-5(7)4-1-2-4/h4H,1-3H2. The van der Waals surface area contributed by atoms with Gasteiger partial charge in [0, 0.05) is 0 Å². The number of hydrogen-bond donors (Lipinski definition) is 0. The molecule has 2 nitrogen and oxygen atoms in total. The van der Waals surface area contributed by atoms with Gasteiger partial charge in [-0.15, -0.1) is 0 Å². The van der Waals surface area contributed by atoms with E-state index < -0.39 is 0 Å². The van der Waals surface area contributed by atoms with Crippen LogP contribution in [0.2, 0.25) is 0 Å². The minimum atomic E-state index is -0.0538. The molecule has 1 aliphatic carbocycles. The molecule has 46 valence electrons. The molecule has 0 atom stereocenters. The molecule has 0 aromatic carbocycles. The van der Waals surface area contributed by atoms with Crippen LogP contribution in [0.3, 0.4) is 0 Å². The second kappa shape index (κ2) is 2.49. The van der Waals surface area contributed by atoms with E-state index in [1.54, 1.807) is 0 Å². The average molecular weight is 179 g/mol. The summed E-state index contributed by atoms with van der Waals surface area (Å²) in [6, 6.07) is 0. The zero-order valence-electron chi connectivity index (χ0n) is 4.39. The van der Waals surface area contributed by atoms with Gasteiger partial charge in [-0.3, -0.25) is 4.79 Å². The van der Waals surface area contributed by atoms with E-state index in [1.165, 1.54) is 0 Å². The minimum Gasteiger partial charge on any atom is -0.454 e. The first-order valence-corrected chi connectivity index (χ1v) is 3.69. The van der Waals surface area contributed by atoms with E-state index in [9.17, 15) is 4.79 Å². The van der Waals surface area contributed by atoms with Crippen molar-refractivity contribution in [1.82, 2.24) is 0 Å². The summed E-state index contributed by atoms with van der Waals surface area (Å²) >= 11 is 3.00. The zero-order chi connectivity index (χ0) is 5.98. The van der Waals surface area contributed by atoms with Gasteiger partial charge < -0.3 is 4.74 Å². The summed E-state index contributed by atoms with van der Waals surface area (Å²) in [5, 5.41) is 0. The molecule has 0 aromatic rings. The van der Waals surface area contributed by atoms with E-state index in [0.29, 0.717) is 5.52 Å². The normalized spacial score (nSPS) is 18.1. The average Bonchev–Trinajstić information content (AvgIpc) is 2.45. The van der Waals surface area contributed by atoms with Gasteiger partial charge in [-0.2, -0.15) is 0 Å². The lowest BCUT2D eigenvalue weighted by Crippen LogP contribution is -2.03. The first kappa shape index (κ1) is 6.08. The van der Waals surface area contributed by atoms with Crippen LogP contribution in [0.4, 0.5) is 0 Å². The summed E-state index contributed by atoms with van der Waals surface area (Å²) < 4.78 is 4.64. The summed E-state index contributed by atoms with van der Waals surface area (Å²) in [4.78, 5) is 10.6. The van der Waals surface area contributed by atoms with Gasteiger partial charge in [0.05, 0.1) is 5.92 Å². The van der Waals surface area contributed by atoms with Crippen molar-refractivity contribution in [2.24, 2.45) is 5.92 Å². The van der Waals surface area contributed by atoms with Crippen molar-refractivity contribution in [3.8, 4) is 0 Å². The van der Waals surface area contributed by atoms with Crippen molar-refractivity contribution in [2.75, 3.05) is 5.52 Å². The molecule has 0 aliphatic heterocycles. The first-order valence-electron chi connectivity index (χ1n) is 2.57. The molecule has 0 unspecified atom stereocenters. The molecule has 0 radical (unpaired) electrons. The van der Waals surface area contributed by atoms with E-state index in [4.69, 9.17) is 0 Å². The molecular weight excluding hydrogens is 172 g/mol. The Labute approximate surface area is 56.3 Å². The largest absolute Gasteiger partial charge is 0.454 e. The number of halogens is 1. The van der Waals surface area contributed by atoms with Gasteiger partial charge in [-0.1, -0.05) is 0 Å². The number of carbonyl (C=O) groups is 1. The van der Waals surface area contributed by atoms with Crippen molar-refractivity contribution in [3.63, 3.8) is 0 Å². The van der Waals surface area contributed by atoms with E-state index >= 15 is 0 Å². The lowest BCUT2D eigenvalue weighted by Gasteiger charge is -1.94. The Kier molecular flexibility index (Phi) is 1.89. The highest BCUT2D eigenvalue weighted by molar-refractivity contribution is 9.09. The Morgan fingerprint density at radius 3 is 2.75 bits per heavy atom. The fourth-order valence-electron chi connectivity index (χ4n) is 0.491. The second-order valence-corrected chi connectivity index (χ2v) is 2.30. The number of esters is 1. The van der Waals surface area contributed by atoms with Crippen LogP contribution in [-0.4, -0.2) is 11.5 Å². The number of hydrogen-bond acceptors (Lipinski definition) is 2. The maximum atomic E-state index is 10.6. The third-order valence-electron chi connectivity index (χ3n) is 1.11. The van der Waals surface area contributed by atoms with Crippen LogP contribution in [0.1, 0.15) is 12.8 Å². The van der Waals surface area contributed by atoms with E-state index in [0.717, 1.165) is 12.8 Å². The number of carbonyl (C=O) groups excluding carboxylic acids is 1. The van der Waals surface area contributed by atoms with Crippen LogP contribution in [-0.2, 0) is 9.53 Å². The third kappa shape index (κ3) is 1.47. The van der Waals surface area contributed by atoms with E-state index in [-0.39, 0.29) is 11.9 Å². The topological polar surface area (TPSA) is 26.3 Å². The molecule has 0 heterocycles. The highest BCUT2D eigenvalue weighted by Gasteiger charge is 2.30. The molecule has 3 heteroatoms. The Morgan fingerprint density at radius 2 is 2.38 bits per heavy atom. The van der Waals surface area contributed by atoms with Gasteiger partial charge in [0.15, 0.2) is 0 Å². The smallest absolute Gasteiger partial charge is 0.309 e. The molecule has 1 saturated carbocycles. The van der Waals surface area contributed by atoms with Gasteiger partial charge in [-0.05, 0) is 28.8 Å². The molecular formula is C5H7BrO2. The maximum Gasteiger partial charge on any atom is 0.309 e. The summed E-state index contributed by atoms with van der Waals surface area (Å²) in [5.74, 6) is 0.175. The van der Waals surface area contributed by atoms with Gasteiger partial charge in [-0.25, -0.2) is 0 Å². The Balaban J connectivity index is 2.13. The summed E-state index contributed by atoms with van der Waals surface area (Å²) in [7, 11) is 0. The van der Waals surface area contributed by atoms with Crippen LogP contribution >= 0.6 is 15.9 Å². The Hall–Kier alpha value is -0.0500. The SMILES string of the molecule is O=C(OCBr)C1CC1.